The molecule has 108 valence electrons. The van der Waals surface area contributed by atoms with Crippen molar-refractivity contribution in [2.45, 2.75) is 18.4 Å². The van der Waals surface area contributed by atoms with Crippen molar-refractivity contribution in [3.8, 4) is 0 Å². The van der Waals surface area contributed by atoms with E-state index >= 15 is 0 Å². The summed E-state index contributed by atoms with van der Waals surface area (Å²) in [5.41, 5.74) is 2.82. The first-order chi connectivity index (χ1) is 9.42. The third-order valence-electron chi connectivity index (χ3n) is 3.03. The van der Waals surface area contributed by atoms with Crippen LogP contribution in [0.15, 0.2) is 35.5 Å². The molecule has 0 atom stereocenters. The molecular weight excluding hydrogens is 276 g/mol. The van der Waals surface area contributed by atoms with Crippen molar-refractivity contribution in [1.82, 2.24) is 14.5 Å². The molecule has 0 aliphatic carbocycles. The average molecular weight is 294 g/mol. The number of hydrogen-bond donors (Lipinski definition) is 2. The van der Waals surface area contributed by atoms with Crippen LogP contribution in [-0.2, 0) is 23.6 Å². The number of aromatic nitrogens is 2. The zero-order chi connectivity index (χ0) is 14.8. The van der Waals surface area contributed by atoms with Gasteiger partial charge in [-0.25, -0.2) is 13.1 Å². The Balaban J connectivity index is 2.21. The van der Waals surface area contributed by atoms with Crippen molar-refractivity contribution in [2.24, 2.45) is 7.05 Å². The molecule has 6 nitrogen and oxygen atoms in total. The van der Waals surface area contributed by atoms with Gasteiger partial charge in [0.05, 0.1) is 11.1 Å². The van der Waals surface area contributed by atoms with Gasteiger partial charge in [-0.1, -0.05) is 6.07 Å². The Morgan fingerprint density at radius 1 is 1.35 bits per heavy atom. The maximum atomic E-state index is 11.8. The topological polar surface area (TPSA) is 76.0 Å². The van der Waals surface area contributed by atoms with Crippen LogP contribution < -0.4 is 10.0 Å². The van der Waals surface area contributed by atoms with Gasteiger partial charge in [-0.2, -0.15) is 5.10 Å². The molecule has 1 aromatic heterocycles. The summed E-state index contributed by atoms with van der Waals surface area (Å²) in [4.78, 5) is 0.249. The number of sulfonamides is 1. The van der Waals surface area contributed by atoms with E-state index in [0.29, 0.717) is 6.54 Å². The molecule has 0 saturated carbocycles. The second-order valence-corrected chi connectivity index (χ2v) is 6.45. The van der Waals surface area contributed by atoms with Crippen LogP contribution in [-0.4, -0.2) is 25.2 Å². The van der Waals surface area contributed by atoms with E-state index in [0.717, 1.165) is 16.8 Å². The summed E-state index contributed by atoms with van der Waals surface area (Å²) in [5, 5.41) is 7.33. The SMILES string of the molecule is CNS(=O)(=O)c1ccc(C)c(NCc2cnn(C)c2)c1. The van der Waals surface area contributed by atoms with Gasteiger partial charge in [0.2, 0.25) is 10.0 Å². The van der Waals surface area contributed by atoms with Gasteiger partial charge in [0, 0.05) is 31.0 Å². The van der Waals surface area contributed by atoms with Crippen LogP contribution in [0.5, 0.6) is 0 Å². The molecule has 1 aromatic carbocycles. The molecule has 0 fully saturated rings. The van der Waals surface area contributed by atoms with Gasteiger partial charge in [-0.05, 0) is 31.7 Å². The minimum atomic E-state index is -3.42. The second-order valence-electron chi connectivity index (χ2n) is 4.56. The van der Waals surface area contributed by atoms with E-state index in [1.165, 1.54) is 7.05 Å². The van der Waals surface area contributed by atoms with E-state index in [-0.39, 0.29) is 4.90 Å². The zero-order valence-electron chi connectivity index (χ0n) is 11.7. The van der Waals surface area contributed by atoms with Gasteiger partial charge in [0.15, 0.2) is 0 Å². The van der Waals surface area contributed by atoms with E-state index in [4.69, 9.17) is 0 Å². The van der Waals surface area contributed by atoms with Crippen LogP contribution in [0.1, 0.15) is 11.1 Å². The van der Waals surface area contributed by atoms with Gasteiger partial charge < -0.3 is 5.32 Å². The number of nitrogens with one attached hydrogen (secondary N) is 2. The molecule has 2 aromatic rings. The fraction of sp³-hybridized carbons (Fsp3) is 0.308. The minimum Gasteiger partial charge on any atom is -0.381 e. The monoisotopic (exact) mass is 294 g/mol. The predicted molar refractivity (Wildman–Crippen MR) is 78.0 cm³/mol. The summed E-state index contributed by atoms with van der Waals surface area (Å²) < 4.78 is 27.6. The Morgan fingerprint density at radius 3 is 2.70 bits per heavy atom. The van der Waals surface area contributed by atoms with Gasteiger partial charge >= 0.3 is 0 Å². The Kier molecular flexibility index (Phi) is 4.10. The summed E-state index contributed by atoms with van der Waals surface area (Å²) >= 11 is 0. The maximum absolute atomic E-state index is 11.8. The molecule has 0 aliphatic rings. The fourth-order valence-corrected chi connectivity index (χ4v) is 2.59. The molecule has 0 unspecified atom stereocenters. The van der Waals surface area contributed by atoms with Crippen molar-refractivity contribution in [3.63, 3.8) is 0 Å². The van der Waals surface area contributed by atoms with Crippen molar-refractivity contribution < 1.29 is 8.42 Å². The van der Waals surface area contributed by atoms with Gasteiger partial charge in [0.1, 0.15) is 0 Å². The quantitative estimate of drug-likeness (QED) is 0.870. The summed E-state index contributed by atoms with van der Waals surface area (Å²) in [6, 6.07) is 5.02. The zero-order valence-corrected chi connectivity index (χ0v) is 12.5. The summed E-state index contributed by atoms with van der Waals surface area (Å²) in [6.07, 6.45) is 3.69. The molecule has 0 aliphatic heterocycles. The molecule has 20 heavy (non-hydrogen) atoms. The number of aryl methyl sites for hydroxylation is 2. The van der Waals surface area contributed by atoms with Crippen molar-refractivity contribution in [2.75, 3.05) is 12.4 Å². The number of rotatable bonds is 5. The highest BCUT2D eigenvalue weighted by Crippen LogP contribution is 2.20. The van der Waals surface area contributed by atoms with Gasteiger partial charge in [0.25, 0.3) is 0 Å². The average Bonchev–Trinajstić information content (AvgIpc) is 2.83. The molecule has 0 spiro atoms. The number of benzene rings is 1. The van der Waals surface area contributed by atoms with E-state index in [1.54, 1.807) is 29.1 Å². The molecule has 2 N–H and O–H groups in total. The smallest absolute Gasteiger partial charge is 0.240 e. The molecule has 1 heterocycles. The predicted octanol–water partition coefficient (Wildman–Crippen LogP) is 1.25. The largest absolute Gasteiger partial charge is 0.381 e. The molecular formula is C13H18N4O2S. The number of anilines is 1. The minimum absolute atomic E-state index is 0.249. The molecule has 0 bridgehead atoms. The summed E-state index contributed by atoms with van der Waals surface area (Å²) in [7, 11) is -0.166. The Labute approximate surface area is 118 Å². The van der Waals surface area contributed by atoms with E-state index in [1.807, 2.05) is 20.2 Å². The van der Waals surface area contributed by atoms with Crippen molar-refractivity contribution in [1.29, 1.82) is 0 Å². The Bertz CT molecular complexity index is 707. The van der Waals surface area contributed by atoms with Crippen LogP contribution in [0.25, 0.3) is 0 Å². The summed E-state index contributed by atoms with van der Waals surface area (Å²) in [5.74, 6) is 0. The van der Waals surface area contributed by atoms with Crippen molar-refractivity contribution >= 4 is 15.7 Å². The first-order valence-electron chi connectivity index (χ1n) is 6.18. The lowest BCUT2D eigenvalue weighted by atomic mass is 10.2. The van der Waals surface area contributed by atoms with Crippen LogP contribution in [0.4, 0.5) is 5.69 Å². The number of hydrogen-bond acceptors (Lipinski definition) is 4. The highest BCUT2D eigenvalue weighted by Gasteiger charge is 2.12. The van der Waals surface area contributed by atoms with E-state index < -0.39 is 10.0 Å². The lowest BCUT2D eigenvalue weighted by molar-refractivity contribution is 0.588. The standard InChI is InChI=1S/C13H18N4O2S/c1-10-4-5-12(20(18,19)14-2)6-13(10)15-7-11-8-16-17(3)9-11/h4-6,8-9,14-15H,7H2,1-3H3. The first kappa shape index (κ1) is 14.5. The normalized spacial score (nSPS) is 11.6. The second kappa shape index (κ2) is 5.64. The van der Waals surface area contributed by atoms with Crippen LogP contribution in [0.2, 0.25) is 0 Å². The Morgan fingerprint density at radius 2 is 2.10 bits per heavy atom. The summed E-state index contributed by atoms with van der Waals surface area (Å²) in [6.45, 7) is 2.53. The van der Waals surface area contributed by atoms with Crippen LogP contribution in [0, 0.1) is 6.92 Å². The molecule has 0 saturated heterocycles. The van der Waals surface area contributed by atoms with Gasteiger partial charge in [-0.3, -0.25) is 4.68 Å². The first-order valence-corrected chi connectivity index (χ1v) is 7.66. The molecule has 0 radical (unpaired) electrons. The highest BCUT2D eigenvalue weighted by molar-refractivity contribution is 7.89. The maximum Gasteiger partial charge on any atom is 0.240 e. The molecule has 7 heteroatoms. The lowest BCUT2D eigenvalue weighted by Gasteiger charge is -2.11. The van der Waals surface area contributed by atoms with Crippen LogP contribution in [0.3, 0.4) is 0 Å². The van der Waals surface area contributed by atoms with E-state index in [9.17, 15) is 8.42 Å². The third-order valence-corrected chi connectivity index (χ3v) is 4.44. The van der Waals surface area contributed by atoms with Crippen molar-refractivity contribution in [3.05, 3.63) is 41.7 Å². The molecule has 2 rings (SSSR count). The molecule has 0 amide bonds. The number of nitrogens with zero attached hydrogens (tertiary/aromatic N) is 2. The fourth-order valence-electron chi connectivity index (χ4n) is 1.84. The van der Waals surface area contributed by atoms with Crippen LogP contribution >= 0.6 is 0 Å². The van der Waals surface area contributed by atoms with E-state index in [2.05, 4.69) is 15.1 Å². The van der Waals surface area contributed by atoms with Gasteiger partial charge in [-0.15, -0.1) is 0 Å². The third kappa shape index (κ3) is 3.17. The Hall–Kier alpha value is -1.86. The highest BCUT2D eigenvalue weighted by atomic mass is 32.2. The lowest BCUT2D eigenvalue weighted by Crippen LogP contribution is -2.18.